The van der Waals surface area contributed by atoms with Crippen molar-refractivity contribution in [2.45, 2.75) is 0 Å². The summed E-state index contributed by atoms with van der Waals surface area (Å²) < 4.78 is 1.96. The van der Waals surface area contributed by atoms with Crippen molar-refractivity contribution in [3.05, 3.63) is 10.7 Å². The zero-order valence-electron chi connectivity index (χ0n) is 5.73. The van der Waals surface area contributed by atoms with Crippen LogP contribution in [0, 0.1) is 0 Å². The zero-order chi connectivity index (χ0) is 6.28. The summed E-state index contributed by atoms with van der Waals surface area (Å²) in [4.78, 5) is 2.00. The molecule has 0 aromatic heterocycles. The van der Waals surface area contributed by atoms with Crippen LogP contribution in [0.25, 0.3) is 0 Å². The minimum absolute atomic E-state index is 0.746. The Kier molecular flexibility index (Phi) is 14.5. The maximum Gasteiger partial charge on any atom is -0.0140 e. The molecule has 0 spiro atoms. The average Bonchev–Trinajstić information content (AvgIpc) is 1.33. The third-order valence-corrected chi connectivity index (χ3v) is 0. The van der Waals surface area contributed by atoms with Gasteiger partial charge in [-0.3, -0.25) is 0 Å². The van der Waals surface area contributed by atoms with Crippen molar-refractivity contribution in [3.63, 3.8) is 0 Å². The van der Waals surface area contributed by atoms with Crippen LogP contribution >= 0.6 is 0 Å². The fourth-order valence-electron chi connectivity index (χ4n) is 0. The fourth-order valence-corrected chi connectivity index (χ4v) is 0. The second kappa shape index (κ2) is 9.71. The summed E-state index contributed by atoms with van der Waals surface area (Å²) in [5, 5.41) is 0. The van der Waals surface area contributed by atoms with Crippen molar-refractivity contribution < 1.29 is 0 Å². The molecule has 7 heavy (non-hydrogen) atoms. The van der Waals surface area contributed by atoms with Gasteiger partial charge >= 0.3 is 33.2 Å². The molecule has 0 aliphatic heterocycles. The quantitative estimate of drug-likeness (QED) is 0.492. The molecule has 0 unspecified atom stereocenters. The van der Waals surface area contributed by atoms with Gasteiger partial charge in [-0.15, -0.1) is 0 Å². The van der Waals surface area contributed by atoms with E-state index in [4.69, 9.17) is 0 Å². The van der Waals surface area contributed by atoms with Gasteiger partial charge in [-0.2, -0.15) is 0 Å². The van der Waals surface area contributed by atoms with Crippen LogP contribution in [0.1, 0.15) is 0 Å². The van der Waals surface area contributed by atoms with E-state index < -0.39 is 0 Å². The van der Waals surface area contributed by atoms with E-state index in [-0.39, 0.29) is 0 Å². The Balaban J connectivity index is 0. The number of hydrogen-bond donors (Lipinski definition) is 0. The number of hydrogen-bond acceptors (Lipinski definition) is 1. The van der Waals surface area contributed by atoms with E-state index in [0.717, 1.165) is 22.5 Å². The SMILES string of the molecule is C=[CH][SnH3].CN(C)C. The second-order valence-electron chi connectivity index (χ2n) is 1.75. The third-order valence-electron chi connectivity index (χ3n) is 0. The van der Waals surface area contributed by atoms with Gasteiger partial charge in [-0.05, 0) is 21.1 Å². The standard InChI is InChI=1S/C3H9N.C2H3.Sn.3H/c1-4(2)3;1-2;;;;/h1-3H3;1H,2H2;;;;. The molecule has 0 aromatic rings. The maximum absolute atomic E-state index is 3.45. The summed E-state index contributed by atoms with van der Waals surface area (Å²) in [5.74, 6) is 0. The molecule has 44 valence electrons. The summed E-state index contributed by atoms with van der Waals surface area (Å²) >= 11 is 0.746. The molecule has 0 amide bonds. The van der Waals surface area contributed by atoms with Crippen LogP contribution in [0.3, 0.4) is 0 Å². The Labute approximate surface area is 59.5 Å². The molecule has 0 aromatic carbocycles. The predicted molar refractivity (Wildman–Crippen MR) is 39.7 cm³/mol. The van der Waals surface area contributed by atoms with E-state index in [1.807, 2.05) is 30.1 Å². The van der Waals surface area contributed by atoms with Crippen molar-refractivity contribution in [2.24, 2.45) is 0 Å². The first kappa shape index (κ1) is 10.5. The molecule has 0 aliphatic carbocycles. The van der Waals surface area contributed by atoms with Crippen LogP contribution in [0.2, 0.25) is 0 Å². The van der Waals surface area contributed by atoms with Crippen LogP contribution in [0.5, 0.6) is 0 Å². The van der Waals surface area contributed by atoms with E-state index in [1.54, 1.807) is 0 Å². The number of nitrogens with zero attached hydrogens (tertiary/aromatic N) is 1. The van der Waals surface area contributed by atoms with Crippen LogP contribution in [-0.4, -0.2) is 48.6 Å². The van der Waals surface area contributed by atoms with Gasteiger partial charge in [0.05, 0.1) is 0 Å². The van der Waals surface area contributed by atoms with Gasteiger partial charge in [0.25, 0.3) is 0 Å². The summed E-state index contributed by atoms with van der Waals surface area (Å²) in [7, 11) is 6.00. The van der Waals surface area contributed by atoms with E-state index in [2.05, 4.69) is 6.58 Å². The summed E-state index contributed by atoms with van der Waals surface area (Å²) in [6, 6.07) is 0. The Morgan fingerprint density at radius 2 is 1.43 bits per heavy atom. The van der Waals surface area contributed by atoms with Gasteiger partial charge in [0, 0.05) is 0 Å². The van der Waals surface area contributed by atoms with Gasteiger partial charge in [0.2, 0.25) is 0 Å². The molecular weight excluding hydrogens is 193 g/mol. The van der Waals surface area contributed by atoms with Crippen molar-refractivity contribution in [3.8, 4) is 0 Å². The Hall–Kier alpha value is 0.499. The summed E-state index contributed by atoms with van der Waals surface area (Å²) in [5.41, 5.74) is 0. The molecule has 0 radical (unpaired) electrons. The molecule has 0 aliphatic rings. The van der Waals surface area contributed by atoms with Crippen molar-refractivity contribution in [2.75, 3.05) is 21.1 Å². The Morgan fingerprint density at radius 1 is 1.43 bits per heavy atom. The molecule has 0 bridgehead atoms. The van der Waals surface area contributed by atoms with Gasteiger partial charge in [-0.25, -0.2) is 0 Å². The van der Waals surface area contributed by atoms with Crippen molar-refractivity contribution >= 4 is 22.5 Å². The smallest absolute Gasteiger partial charge is 0.0140 e. The first-order valence-corrected chi connectivity index (χ1v) is 5.62. The molecule has 0 saturated heterocycles. The average molecular weight is 208 g/mol. The van der Waals surface area contributed by atoms with E-state index in [9.17, 15) is 0 Å². The number of rotatable bonds is 0. The summed E-state index contributed by atoms with van der Waals surface area (Å²) in [6.45, 7) is 3.45. The molecule has 0 heterocycles. The summed E-state index contributed by atoms with van der Waals surface area (Å²) in [6.07, 6.45) is 0. The zero-order valence-corrected chi connectivity index (χ0v) is 11.4. The third kappa shape index (κ3) is 529. The first-order valence-electron chi connectivity index (χ1n) is 2.33. The minimum Gasteiger partial charge on any atom is -0.312 e. The van der Waals surface area contributed by atoms with Crippen LogP contribution in [0.15, 0.2) is 10.7 Å². The molecule has 2 heteroatoms. The molecule has 0 rings (SSSR count). The molecular formula is C5H15NSn. The molecule has 0 atom stereocenters. The van der Waals surface area contributed by atoms with E-state index in [0.29, 0.717) is 0 Å². The molecule has 0 fully saturated rings. The van der Waals surface area contributed by atoms with E-state index in [1.165, 1.54) is 0 Å². The van der Waals surface area contributed by atoms with Crippen LogP contribution in [-0.2, 0) is 0 Å². The Morgan fingerprint density at radius 3 is 1.43 bits per heavy atom. The fraction of sp³-hybridized carbons (Fsp3) is 0.600. The van der Waals surface area contributed by atoms with Gasteiger partial charge in [0.15, 0.2) is 0 Å². The molecule has 0 saturated carbocycles. The van der Waals surface area contributed by atoms with E-state index >= 15 is 0 Å². The molecule has 0 N–H and O–H groups in total. The van der Waals surface area contributed by atoms with Gasteiger partial charge < -0.3 is 4.90 Å². The largest absolute Gasteiger partial charge is 0.312 e. The van der Waals surface area contributed by atoms with Crippen molar-refractivity contribution in [1.82, 2.24) is 4.90 Å². The second-order valence-corrected chi connectivity index (χ2v) is 4.08. The monoisotopic (exact) mass is 209 g/mol. The topological polar surface area (TPSA) is 3.24 Å². The Bertz CT molecular complexity index is 32.3. The normalized spacial score (nSPS) is 7.43. The van der Waals surface area contributed by atoms with Crippen LogP contribution < -0.4 is 0 Å². The van der Waals surface area contributed by atoms with Gasteiger partial charge in [-0.1, -0.05) is 0 Å². The van der Waals surface area contributed by atoms with Crippen LogP contribution in [0.4, 0.5) is 0 Å². The van der Waals surface area contributed by atoms with Crippen molar-refractivity contribution in [1.29, 1.82) is 0 Å². The first-order chi connectivity index (χ1) is 3.15. The maximum atomic E-state index is 3.45. The molecule has 1 nitrogen and oxygen atoms in total. The van der Waals surface area contributed by atoms with Gasteiger partial charge in [0.1, 0.15) is 0 Å². The predicted octanol–water partition coefficient (Wildman–Crippen LogP) is -0.327. The minimum atomic E-state index is 0.746.